The zero-order valence-electron chi connectivity index (χ0n) is 25.1. The van der Waals surface area contributed by atoms with Gasteiger partial charge < -0.3 is 0 Å². The van der Waals surface area contributed by atoms with Gasteiger partial charge in [0, 0.05) is 42.7 Å². The van der Waals surface area contributed by atoms with E-state index < -0.39 is 0 Å². The number of hydrogen-bond donors (Lipinski definition) is 0. The molecule has 0 amide bonds. The molecule has 10 aromatic rings. The molecule has 0 aliphatic carbocycles. The van der Waals surface area contributed by atoms with Crippen LogP contribution in [0.5, 0.6) is 0 Å². The standard InChI is InChI=1S/C40H22Cl2N6/c41-25-17-13-23(14-18-25)37-44-38(24-15-19-26(42)20-16-24)46-40(45-37)48-33-11-5-3-8-28(33)31-22-35-30(21-36(31)48)27-7-1-2-9-29(27)39-43-32-10-4-6-12-34(32)47(35)39/h1-22H. The first-order valence-corrected chi connectivity index (χ1v) is 16.3. The molecule has 0 N–H and O–H groups in total. The monoisotopic (exact) mass is 656 g/mol. The average Bonchev–Trinajstić information content (AvgIpc) is 3.68. The topological polar surface area (TPSA) is 60.9 Å². The van der Waals surface area contributed by atoms with Gasteiger partial charge in [-0.05, 0) is 84.2 Å². The second-order valence-electron chi connectivity index (χ2n) is 11.8. The summed E-state index contributed by atoms with van der Waals surface area (Å²) in [6.07, 6.45) is 0. The molecule has 0 saturated heterocycles. The fourth-order valence-corrected chi connectivity index (χ4v) is 7.16. The maximum atomic E-state index is 6.26. The van der Waals surface area contributed by atoms with Gasteiger partial charge in [0.05, 0.1) is 27.6 Å². The van der Waals surface area contributed by atoms with Crippen molar-refractivity contribution in [1.82, 2.24) is 28.9 Å². The number of imidazole rings is 1. The third-order valence-corrected chi connectivity index (χ3v) is 9.58. The lowest BCUT2D eigenvalue weighted by Gasteiger charge is -2.12. The molecule has 0 aliphatic heterocycles. The number of aromatic nitrogens is 6. The maximum absolute atomic E-state index is 6.26. The fourth-order valence-electron chi connectivity index (χ4n) is 6.90. The summed E-state index contributed by atoms with van der Waals surface area (Å²) in [6.45, 7) is 0. The molecule has 4 aromatic heterocycles. The van der Waals surface area contributed by atoms with Gasteiger partial charge in [0.25, 0.3) is 0 Å². The van der Waals surface area contributed by atoms with E-state index in [0.29, 0.717) is 27.6 Å². The molecule has 0 fully saturated rings. The minimum Gasteiger partial charge on any atom is -0.292 e. The Bertz CT molecular complexity index is 2840. The Labute approximate surface area is 283 Å². The van der Waals surface area contributed by atoms with Crippen LogP contribution < -0.4 is 0 Å². The van der Waals surface area contributed by atoms with Crippen LogP contribution in [0.25, 0.3) is 88.9 Å². The zero-order valence-corrected chi connectivity index (χ0v) is 26.7. The van der Waals surface area contributed by atoms with E-state index in [1.807, 2.05) is 54.6 Å². The molecule has 0 bridgehead atoms. The van der Waals surface area contributed by atoms with Crippen LogP contribution >= 0.6 is 23.2 Å². The third-order valence-electron chi connectivity index (χ3n) is 9.08. The Balaban J connectivity index is 1.35. The van der Waals surface area contributed by atoms with Crippen LogP contribution in [0, 0.1) is 0 Å². The summed E-state index contributed by atoms with van der Waals surface area (Å²) in [5.41, 5.74) is 7.74. The second-order valence-corrected chi connectivity index (χ2v) is 12.7. The van der Waals surface area contributed by atoms with Crippen molar-refractivity contribution < 1.29 is 0 Å². The molecule has 0 spiro atoms. The number of pyridine rings is 1. The van der Waals surface area contributed by atoms with E-state index in [4.69, 9.17) is 43.1 Å². The summed E-state index contributed by atoms with van der Waals surface area (Å²) in [5.74, 6) is 1.61. The molecule has 0 aliphatic rings. The van der Waals surface area contributed by atoms with E-state index in [2.05, 4.69) is 87.8 Å². The molecule has 10 rings (SSSR count). The number of benzene rings is 6. The van der Waals surface area contributed by atoms with Crippen LogP contribution in [0.4, 0.5) is 0 Å². The molecule has 0 unspecified atom stereocenters. The van der Waals surface area contributed by atoms with Crippen molar-refractivity contribution in [1.29, 1.82) is 0 Å². The fraction of sp³-hybridized carbons (Fsp3) is 0. The number of halogens is 2. The number of nitrogens with zero attached hydrogens (tertiary/aromatic N) is 6. The van der Waals surface area contributed by atoms with Crippen molar-refractivity contribution in [2.24, 2.45) is 0 Å². The second kappa shape index (κ2) is 10.3. The number of para-hydroxylation sites is 3. The first kappa shape index (κ1) is 27.3. The van der Waals surface area contributed by atoms with Crippen molar-refractivity contribution in [2.45, 2.75) is 0 Å². The molecule has 4 heterocycles. The Morgan fingerprint density at radius 1 is 0.417 bits per heavy atom. The zero-order chi connectivity index (χ0) is 31.9. The van der Waals surface area contributed by atoms with Crippen LogP contribution in [0.15, 0.2) is 133 Å². The van der Waals surface area contributed by atoms with E-state index in [1.165, 1.54) is 0 Å². The minimum atomic E-state index is 0.518. The van der Waals surface area contributed by atoms with Crippen molar-refractivity contribution in [3.63, 3.8) is 0 Å². The third kappa shape index (κ3) is 4.06. The van der Waals surface area contributed by atoms with Crippen molar-refractivity contribution in [3.8, 4) is 28.7 Å². The lowest BCUT2D eigenvalue weighted by molar-refractivity contribution is 0.954. The molecule has 6 aromatic carbocycles. The highest BCUT2D eigenvalue weighted by Gasteiger charge is 2.21. The van der Waals surface area contributed by atoms with E-state index in [9.17, 15) is 0 Å². The van der Waals surface area contributed by atoms with Gasteiger partial charge in [0.15, 0.2) is 11.6 Å². The van der Waals surface area contributed by atoms with E-state index in [0.717, 1.165) is 71.3 Å². The first-order valence-electron chi connectivity index (χ1n) is 15.5. The van der Waals surface area contributed by atoms with Crippen LogP contribution in [-0.4, -0.2) is 28.9 Å². The highest BCUT2D eigenvalue weighted by Crippen LogP contribution is 2.39. The van der Waals surface area contributed by atoms with Crippen LogP contribution in [0.2, 0.25) is 10.0 Å². The summed E-state index contributed by atoms with van der Waals surface area (Å²) in [7, 11) is 0. The summed E-state index contributed by atoms with van der Waals surface area (Å²) >= 11 is 12.5. The predicted octanol–water partition coefficient (Wildman–Crippen LogP) is 10.7. The SMILES string of the molecule is Clc1ccc(-c2nc(-c3ccc(Cl)cc3)nc(-n3c4ccccc4c4cc5c(cc43)c3ccccc3c3nc4ccccc4n53)n2)cc1. The molecular weight excluding hydrogens is 635 g/mol. The molecule has 8 heteroatoms. The van der Waals surface area contributed by atoms with Crippen LogP contribution in [0.3, 0.4) is 0 Å². The molecular formula is C40H22Cl2N6. The number of hydrogen-bond acceptors (Lipinski definition) is 4. The Hall–Kier alpha value is -5.82. The first-order chi connectivity index (χ1) is 23.6. The summed E-state index contributed by atoms with van der Waals surface area (Å²) in [4.78, 5) is 20.2. The van der Waals surface area contributed by atoms with Gasteiger partial charge in [-0.25, -0.2) is 9.97 Å². The molecule has 226 valence electrons. The van der Waals surface area contributed by atoms with Crippen molar-refractivity contribution >= 4 is 83.4 Å². The van der Waals surface area contributed by atoms with Gasteiger partial charge in [-0.1, -0.05) is 77.8 Å². The Morgan fingerprint density at radius 2 is 0.958 bits per heavy atom. The average molecular weight is 658 g/mol. The number of fused-ring (bicyclic) bond motifs is 11. The van der Waals surface area contributed by atoms with Crippen molar-refractivity contribution in [2.75, 3.05) is 0 Å². The normalized spacial score (nSPS) is 12.0. The Morgan fingerprint density at radius 3 is 1.65 bits per heavy atom. The molecule has 0 radical (unpaired) electrons. The van der Waals surface area contributed by atoms with Crippen LogP contribution in [-0.2, 0) is 0 Å². The van der Waals surface area contributed by atoms with Gasteiger partial charge in [-0.2, -0.15) is 9.97 Å². The summed E-state index contributed by atoms with van der Waals surface area (Å²) in [5, 5.41) is 6.82. The van der Waals surface area contributed by atoms with Gasteiger partial charge >= 0.3 is 0 Å². The van der Waals surface area contributed by atoms with Gasteiger partial charge in [-0.3, -0.25) is 8.97 Å². The maximum Gasteiger partial charge on any atom is 0.238 e. The lowest BCUT2D eigenvalue weighted by atomic mass is 10.0. The number of rotatable bonds is 3. The highest BCUT2D eigenvalue weighted by atomic mass is 35.5. The quantitative estimate of drug-likeness (QED) is 0.177. The molecule has 0 atom stereocenters. The molecule has 6 nitrogen and oxygen atoms in total. The van der Waals surface area contributed by atoms with Gasteiger partial charge in [0.1, 0.15) is 5.65 Å². The summed E-state index contributed by atoms with van der Waals surface area (Å²) < 4.78 is 4.44. The van der Waals surface area contributed by atoms with Crippen molar-refractivity contribution in [3.05, 3.63) is 144 Å². The largest absolute Gasteiger partial charge is 0.292 e. The van der Waals surface area contributed by atoms with Crippen LogP contribution in [0.1, 0.15) is 0 Å². The highest BCUT2D eigenvalue weighted by molar-refractivity contribution is 6.31. The van der Waals surface area contributed by atoms with E-state index in [1.54, 1.807) is 0 Å². The van der Waals surface area contributed by atoms with E-state index in [-0.39, 0.29) is 0 Å². The predicted molar refractivity (Wildman–Crippen MR) is 196 cm³/mol. The van der Waals surface area contributed by atoms with Gasteiger partial charge in [-0.15, -0.1) is 0 Å². The van der Waals surface area contributed by atoms with Gasteiger partial charge in [0.2, 0.25) is 5.95 Å². The molecule has 0 saturated carbocycles. The smallest absolute Gasteiger partial charge is 0.238 e. The van der Waals surface area contributed by atoms with E-state index >= 15 is 0 Å². The summed E-state index contributed by atoms with van der Waals surface area (Å²) in [6, 6.07) is 44.9. The molecule has 48 heavy (non-hydrogen) atoms. The Kier molecular flexibility index (Phi) is 5.88. The minimum absolute atomic E-state index is 0.518. The lowest BCUT2D eigenvalue weighted by Crippen LogP contribution is -2.06.